The third-order valence-corrected chi connectivity index (χ3v) is 15.9. The quantitative estimate of drug-likeness (QED) is 0.0272. The van der Waals surface area contributed by atoms with Gasteiger partial charge in [-0.15, -0.1) is 0 Å². The maximum atomic E-state index is 13.0. The maximum absolute atomic E-state index is 13.0. The highest BCUT2D eigenvalue weighted by Gasteiger charge is 2.23. The summed E-state index contributed by atoms with van der Waals surface area (Å²) in [6.45, 7) is 4.50. The summed E-state index contributed by atoms with van der Waals surface area (Å²) in [5, 5.41) is 13.9. The Morgan fingerprint density at radius 2 is 0.713 bits per heavy atom. The van der Waals surface area contributed by atoms with Crippen molar-refractivity contribution in [3.8, 4) is 0 Å². The van der Waals surface area contributed by atoms with Crippen LogP contribution in [0, 0.1) is 0 Å². The zero-order valence-corrected chi connectivity index (χ0v) is 57.6. The minimum atomic E-state index is -4.63. The van der Waals surface area contributed by atoms with Gasteiger partial charge in [0.15, 0.2) is 0 Å². The number of rotatable bonds is 63. The van der Waals surface area contributed by atoms with E-state index < -0.39 is 26.6 Å². The highest BCUT2D eigenvalue weighted by molar-refractivity contribution is 7.45. The van der Waals surface area contributed by atoms with Crippen LogP contribution in [0.1, 0.15) is 277 Å². The van der Waals surface area contributed by atoms with Crippen LogP contribution in [0.2, 0.25) is 0 Å². The number of phosphoric ester groups is 1. The molecule has 0 aromatic heterocycles. The first-order chi connectivity index (χ1) is 42.5. The Bertz CT molecular complexity index is 1980. The third kappa shape index (κ3) is 69.5. The van der Waals surface area contributed by atoms with E-state index in [-0.39, 0.29) is 12.5 Å². The van der Waals surface area contributed by atoms with Gasteiger partial charge in [-0.25, -0.2) is 0 Å². The Hall–Kier alpha value is -3.88. The van der Waals surface area contributed by atoms with Gasteiger partial charge in [-0.05, 0) is 122 Å². The molecule has 0 aliphatic rings. The van der Waals surface area contributed by atoms with Crippen molar-refractivity contribution in [2.24, 2.45) is 0 Å². The molecule has 496 valence electrons. The largest absolute Gasteiger partial charge is 0.756 e. The lowest BCUT2D eigenvalue weighted by molar-refractivity contribution is -0.870. The lowest BCUT2D eigenvalue weighted by Crippen LogP contribution is -2.45. The van der Waals surface area contributed by atoms with Crippen molar-refractivity contribution >= 4 is 13.7 Å². The minimum absolute atomic E-state index is 0.0185. The number of aliphatic hydroxyl groups excluding tert-OH is 1. The smallest absolute Gasteiger partial charge is 0.268 e. The van der Waals surface area contributed by atoms with Gasteiger partial charge in [0.25, 0.3) is 7.82 Å². The number of allylic oxidation sites excluding steroid dienone is 25. The van der Waals surface area contributed by atoms with Gasteiger partial charge in [0.1, 0.15) is 13.2 Å². The molecule has 0 spiro atoms. The van der Waals surface area contributed by atoms with Crippen molar-refractivity contribution in [3.05, 3.63) is 158 Å². The Kier molecular flexibility index (Phi) is 63.6. The number of carbonyl (C=O) groups excluding carboxylic acids is 1. The van der Waals surface area contributed by atoms with Gasteiger partial charge in [0.2, 0.25) is 5.91 Å². The second-order valence-electron chi connectivity index (χ2n) is 24.5. The second-order valence-corrected chi connectivity index (χ2v) is 25.9. The van der Waals surface area contributed by atoms with Gasteiger partial charge in [-0.2, -0.15) is 0 Å². The van der Waals surface area contributed by atoms with Gasteiger partial charge in [-0.1, -0.05) is 307 Å². The molecule has 0 rings (SSSR count). The lowest BCUT2D eigenvalue weighted by Gasteiger charge is -2.29. The predicted molar refractivity (Wildman–Crippen MR) is 380 cm³/mol. The third-order valence-electron chi connectivity index (χ3n) is 14.9. The van der Waals surface area contributed by atoms with Gasteiger partial charge in [0, 0.05) is 6.42 Å². The monoisotopic (exact) mass is 1220 g/mol. The van der Waals surface area contributed by atoms with E-state index in [1.807, 2.05) is 27.2 Å². The molecule has 2 N–H and O–H groups in total. The van der Waals surface area contributed by atoms with Crippen molar-refractivity contribution in [1.82, 2.24) is 5.32 Å². The second kappa shape index (κ2) is 66.5. The summed E-state index contributed by atoms with van der Waals surface area (Å²) in [6, 6.07) is -0.928. The molecule has 0 aliphatic heterocycles. The van der Waals surface area contributed by atoms with Crippen LogP contribution >= 0.6 is 7.82 Å². The fourth-order valence-corrected chi connectivity index (χ4v) is 10.2. The fourth-order valence-electron chi connectivity index (χ4n) is 9.51. The van der Waals surface area contributed by atoms with E-state index in [2.05, 4.69) is 165 Å². The number of phosphoric acid groups is 1. The summed E-state index contributed by atoms with van der Waals surface area (Å²) in [5.41, 5.74) is 0. The van der Waals surface area contributed by atoms with Crippen molar-refractivity contribution < 1.29 is 32.9 Å². The van der Waals surface area contributed by atoms with E-state index in [9.17, 15) is 19.4 Å². The molecule has 0 radical (unpaired) electrons. The normalized spacial score (nSPS) is 14.6. The molecule has 0 saturated heterocycles. The summed E-state index contributed by atoms with van der Waals surface area (Å²) in [6.07, 6.45) is 104. The van der Waals surface area contributed by atoms with Gasteiger partial charge >= 0.3 is 0 Å². The molecular weight excluding hydrogens is 1090 g/mol. The van der Waals surface area contributed by atoms with Crippen molar-refractivity contribution in [1.29, 1.82) is 0 Å². The Balaban J connectivity index is 4.21. The number of nitrogens with one attached hydrogen (secondary N) is 1. The maximum Gasteiger partial charge on any atom is 0.268 e. The number of carbonyl (C=O) groups is 1. The number of hydrogen-bond acceptors (Lipinski definition) is 6. The molecule has 0 aromatic carbocycles. The number of unbranched alkanes of at least 4 members (excludes halogenated alkanes) is 26. The van der Waals surface area contributed by atoms with Crippen LogP contribution in [-0.2, 0) is 18.4 Å². The molecule has 0 saturated carbocycles. The van der Waals surface area contributed by atoms with Crippen LogP contribution < -0.4 is 10.2 Å². The number of aliphatic hydroxyl groups is 1. The molecule has 3 unspecified atom stereocenters. The Morgan fingerprint density at radius 3 is 1.07 bits per heavy atom. The van der Waals surface area contributed by atoms with E-state index in [0.717, 1.165) is 122 Å². The van der Waals surface area contributed by atoms with Gasteiger partial charge in [0.05, 0.1) is 39.9 Å². The zero-order valence-electron chi connectivity index (χ0n) is 56.7. The van der Waals surface area contributed by atoms with Crippen LogP contribution in [-0.4, -0.2) is 68.5 Å². The van der Waals surface area contributed by atoms with E-state index in [4.69, 9.17) is 9.05 Å². The molecule has 0 fully saturated rings. The SMILES string of the molecule is CC/C=C\C/C=C\C/C=C\C/C=C\C/C=C\C/C=C\C/C=C\C/C=C\C/C=C\C/C=C\CCCCCCCCCCC(=O)NC(COP(=O)([O-])OCC[N+](C)(C)C)C(O)/C=C/CC/C=C/CC/C=C/CCCCCCCCCCCCCCCCCC. The van der Waals surface area contributed by atoms with Crippen LogP contribution in [0.25, 0.3) is 0 Å². The van der Waals surface area contributed by atoms with E-state index >= 15 is 0 Å². The van der Waals surface area contributed by atoms with E-state index in [1.165, 1.54) is 135 Å². The van der Waals surface area contributed by atoms with Crippen LogP contribution in [0.3, 0.4) is 0 Å². The van der Waals surface area contributed by atoms with Crippen molar-refractivity contribution in [2.45, 2.75) is 289 Å². The highest BCUT2D eigenvalue weighted by atomic mass is 31.2. The Labute approximate surface area is 537 Å². The first-order valence-corrected chi connectivity index (χ1v) is 36.8. The van der Waals surface area contributed by atoms with Gasteiger partial charge in [-0.3, -0.25) is 9.36 Å². The highest BCUT2D eigenvalue weighted by Crippen LogP contribution is 2.38. The number of nitrogens with zero attached hydrogens (tertiary/aromatic N) is 1. The Morgan fingerprint density at radius 1 is 0.414 bits per heavy atom. The fraction of sp³-hybridized carbons (Fsp3) is 0.654. The average molecular weight is 1230 g/mol. The number of likely N-dealkylation sites (N-methyl/N-ethyl adjacent to an activating group) is 1. The minimum Gasteiger partial charge on any atom is -0.756 e. The summed E-state index contributed by atoms with van der Waals surface area (Å²) in [4.78, 5) is 25.6. The van der Waals surface area contributed by atoms with Crippen LogP contribution in [0.15, 0.2) is 158 Å². The molecule has 9 heteroatoms. The van der Waals surface area contributed by atoms with E-state index in [0.29, 0.717) is 17.4 Å². The molecule has 87 heavy (non-hydrogen) atoms. The number of quaternary nitrogens is 1. The summed E-state index contributed by atoms with van der Waals surface area (Å²) in [5.74, 6) is -0.225. The number of amides is 1. The molecule has 0 bridgehead atoms. The zero-order chi connectivity index (χ0) is 63.4. The molecule has 3 atom stereocenters. The van der Waals surface area contributed by atoms with Crippen molar-refractivity contribution in [3.63, 3.8) is 0 Å². The predicted octanol–water partition coefficient (Wildman–Crippen LogP) is 22.3. The molecular formula is C78H133N2O6P. The first kappa shape index (κ1) is 83.1. The molecule has 8 nitrogen and oxygen atoms in total. The van der Waals surface area contributed by atoms with E-state index in [1.54, 1.807) is 6.08 Å². The van der Waals surface area contributed by atoms with Crippen molar-refractivity contribution in [2.75, 3.05) is 40.9 Å². The number of hydrogen-bond donors (Lipinski definition) is 2. The topological polar surface area (TPSA) is 108 Å². The summed E-state index contributed by atoms with van der Waals surface area (Å²) < 4.78 is 23.4. The van der Waals surface area contributed by atoms with Crippen LogP contribution in [0.5, 0.6) is 0 Å². The standard InChI is InChI=1S/C78H133N2O6P/c1-6-8-10-12-14-16-18-20-22-24-26-28-30-32-34-35-36-37-38-39-40-41-42-43-44-45-46-48-50-52-54-56-58-60-62-64-66-68-70-72-78(82)79-76(75-86-87(83,84)85-74-73-80(3,4)5)77(81)71-69-67-65-63-61-59-57-55-53-51-49-47-33-31-29-27-25-23-21-19-17-15-13-11-9-7-2/h8,10,14,16,20,22,26,28,32,34,36-37,39-40,42-43,45-46,50,52-53,55,61,63,69,71,76-77,81H,6-7,9,11-13,15,17-19,21,23-25,27,29-31,33,35,38,41,44,47-49,51,54,56-60,62,64-68,70,72-75H2,1-5H3,(H-,79,82,83,84)/b10-8-,16-14-,22-20-,28-26-,34-32-,37-36-,40-39-,43-42-,46-45-,52-50-,55-53+,63-61+,71-69+. The molecule has 0 aromatic rings. The molecule has 0 aliphatic carbocycles. The van der Waals surface area contributed by atoms with Crippen LogP contribution in [0.4, 0.5) is 0 Å². The molecule has 1 amide bonds. The van der Waals surface area contributed by atoms with Gasteiger partial charge < -0.3 is 28.8 Å². The lowest BCUT2D eigenvalue weighted by atomic mass is 10.0. The summed E-state index contributed by atoms with van der Waals surface area (Å²) in [7, 11) is 1.21. The average Bonchev–Trinajstić information content (AvgIpc) is 3.69. The summed E-state index contributed by atoms with van der Waals surface area (Å²) >= 11 is 0. The molecule has 0 heterocycles. The first-order valence-electron chi connectivity index (χ1n) is 35.3.